The van der Waals surface area contributed by atoms with Gasteiger partial charge in [-0.2, -0.15) is 0 Å². The molecule has 0 saturated carbocycles. The minimum absolute atomic E-state index is 0.0168. The molecular formula is C15H16BrNO2S. The molecule has 0 radical (unpaired) electrons. The van der Waals surface area contributed by atoms with Gasteiger partial charge in [-0.3, -0.25) is 4.79 Å². The van der Waals surface area contributed by atoms with Crippen LogP contribution in [-0.4, -0.2) is 13.0 Å². The van der Waals surface area contributed by atoms with Crippen molar-refractivity contribution in [3.63, 3.8) is 0 Å². The molecule has 0 fully saturated rings. The first-order chi connectivity index (χ1) is 9.58. The molecular weight excluding hydrogens is 338 g/mol. The zero-order chi connectivity index (χ0) is 14.5. The summed E-state index contributed by atoms with van der Waals surface area (Å²) in [6.45, 7) is 1.98. The van der Waals surface area contributed by atoms with Crippen LogP contribution in [0.15, 0.2) is 40.2 Å². The minimum atomic E-state index is -0.0168. The Bertz CT molecular complexity index is 580. The van der Waals surface area contributed by atoms with Gasteiger partial charge in [0.25, 0.3) is 0 Å². The van der Waals surface area contributed by atoms with Gasteiger partial charge in [-0.15, -0.1) is 11.3 Å². The summed E-state index contributed by atoms with van der Waals surface area (Å²) in [4.78, 5) is 13.0. The number of benzene rings is 1. The molecule has 0 saturated heterocycles. The Labute approximate surface area is 131 Å². The van der Waals surface area contributed by atoms with Crippen molar-refractivity contribution >= 4 is 33.2 Å². The van der Waals surface area contributed by atoms with Crippen LogP contribution in [0.2, 0.25) is 0 Å². The number of thiophene rings is 1. The lowest BCUT2D eigenvalue weighted by Gasteiger charge is -2.14. The number of ether oxygens (including phenoxy) is 1. The molecule has 3 nitrogen and oxygen atoms in total. The number of nitrogens with one attached hydrogen (secondary N) is 1. The highest BCUT2D eigenvalue weighted by molar-refractivity contribution is 9.11. The maximum absolute atomic E-state index is 12.0. The van der Waals surface area contributed by atoms with E-state index in [4.69, 9.17) is 4.74 Å². The van der Waals surface area contributed by atoms with Gasteiger partial charge in [-0.1, -0.05) is 12.1 Å². The van der Waals surface area contributed by atoms with E-state index in [-0.39, 0.29) is 11.9 Å². The lowest BCUT2D eigenvalue weighted by molar-refractivity contribution is -0.121. The summed E-state index contributed by atoms with van der Waals surface area (Å²) < 4.78 is 6.17. The summed E-state index contributed by atoms with van der Waals surface area (Å²) in [5.74, 6) is 0.846. The van der Waals surface area contributed by atoms with Gasteiger partial charge < -0.3 is 10.1 Å². The number of rotatable bonds is 5. The summed E-state index contributed by atoms with van der Waals surface area (Å²) in [5, 5.41) is 3.00. The average molecular weight is 354 g/mol. The summed E-state index contributed by atoms with van der Waals surface area (Å²) in [6, 6.07) is 11.6. The van der Waals surface area contributed by atoms with Gasteiger partial charge in [0, 0.05) is 4.88 Å². The molecule has 2 aromatic rings. The number of methoxy groups -OCH3 is 1. The molecule has 1 aromatic carbocycles. The van der Waals surface area contributed by atoms with Crippen molar-refractivity contribution in [2.75, 3.05) is 7.11 Å². The van der Waals surface area contributed by atoms with Gasteiger partial charge in [0.1, 0.15) is 5.75 Å². The van der Waals surface area contributed by atoms with Crippen LogP contribution in [0.5, 0.6) is 5.75 Å². The van der Waals surface area contributed by atoms with Crippen molar-refractivity contribution in [2.24, 2.45) is 0 Å². The van der Waals surface area contributed by atoms with Crippen molar-refractivity contribution in [3.8, 4) is 5.75 Å². The van der Waals surface area contributed by atoms with Gasteiger partial charge >= 0.3 is 0 Å². The Balaban J connectivity index is 1.92. The largest absolute Gasteiger partial charge is 0.497 e. The Kier molecular flexibility index (Phi) is 5.20. The summed E-state index contributed by atoms with van der Waals surface area (Å²) in [7, 11) is 1.64. The van der Waals surface area contributed by atoms with E-state index in [9.17, 15) is 4.79 Å². The molecule has 0 spiro atoms. The fourth-order valence-corrected chi connectivity index (χ4v) is 3.36. The second-order valence-electron chi connectivity index (χ2n) is 4.44. The summed E-state index contributed by atoms with van der Waals surface area (Å²) in [5.41, 5.74) is 1.06. The molecule has 20 heavy (non-hydrogen) atoms. The molecule has 2 rings (SSSR count). The predicted octanol–water partition coefficient (Wildman–Crippen LogP) is 3.94. The van der Waals surface area contributed by atoms with E-state index in [1.165, 1.54) is 0 Å². The predicted molar refractivity (Wildman–Crippen MR) is 85.3 cm³/mol. The maximum atomic E-state index is 12.0. The van der Waals surface area contributed by atoms with Gasteiger partial charge in [-0.25, -0.2) is 0 Å². The third-order valence-electron chi connectivity index (χ3n) is 2.96. The molecule has 1 N–H and O–H groups in total. The second-order valence-corrected chi connectivity index (χ2v) is 6.99. The molecule has 0 aliphatic rings. The van der Waals surface area contributed by atoms with Crippen LogP contribution in [0.3, 0.4) is 0 Å². The molecule has 1 heterocycles. The number of hydrogen-bond donors (Lipinski definition) is 1. The van der Waals surface area contributed by atoms with Crippen molar-refractivity contribution in [2.45, 2.75) is 19.4 Å². The lowest BCUT2D eigenvalue weighted by Crippen LogP contribution is -2.27. The highest BCUT2D eigenvalue weighted by Gasteiger charge is 2.11. The Morgan fingerprint density at radius 2 is 2.00 bits per heavy atom. The fourth-order valence-electron chi connectivity index (χ4n) is 1.87. The van der Waals surface area contributed by atoms with Gasteiger partial charge in [0.15, 0.2) is 0 Å². The highest BCUT2D eigenvalue weighted by atomic mass is 79.9. The molecule has 1 aromatic heterocycles. The summed E-state index contributed by atoms with van der Waals surface area (Å²) in [6.07, 6.45) is 0.413. The van der Waals surface area contributed by atoms with Gasteiger partial charge in [0.05, 0.1) is 23.4 Å². The zero-order valence-corrected chi connectivity index (χ0v) is 13.8. The SMILES string of the molecule is COc1ccc(C(C)NC(=O)Cc2ccc(Br)s2)cc1. The van der Waals surface area contributed by atoms with Gasteiger partial charge in [0.2, 0.25) is 5.91 Å². The molecule has 0 aliphatic heterocycles. The topological polar surface area (TPSA) is 38.3 Å². The van der Waals surface area contributed by atoms with Crippen molar-refractivity contribution in [3.05, 3.63) is 50.6 Å². The van der Waals surface area contributed by atoms with Crippen molar-refractivity contribution in [1.82, 2.24) is 5.32 Å². The Hall–Kier alpha value is -1.33. The normalized spacial score (nSPS) is 11.9. The van der Waals surface area contributed by atoms with Crippen molar-refractivity contribution < 1.29 is 9.53 Å². The molecule has 106 valence electrons. The monoisotopic (exact) mass is 353 g/mol. The highest BCUT2D eigenvalue weighted by Crippen LogP contribution is 2.23. The molecule has 1 unspecified atom stereocenters. The van der Waals surface area contributed by atoms with Crippen LogP contribution in [0.25, 0.3) is 0 Å². The molecule has 0 aliphatic carbocycles. The van der Waals surface area contributed by atoms with Crippen LogP contribution in [0, 0.1) is 0 Å². The minimum Gasteiger partial charge on any atom is -0.497 e. The van der Waals surface area contributed by atoms with Crippen LogP contribution >= 0.6 is 27.3 Å². The van der Waals surface area contributed by atoms with Crippen LogP contribution in [0.1, 0.15) is 23.4 Å². The smallest absolute Gasteiger partial charge is 0.225 e. The Morgan fingerprint density at radius 1 is 1.30 bits per heavy atom. The molecule has 1 amide bonds. The maximum Gasteiger partial charge on any atom is 0.225 e. The van der Waals surface area contributed by atoms with E-state index in [0.29, 0.717) is 6.42 Å². The molecule has 1 atom stereocenters. The van der Waals surface area contributed by atoms with Crippen LogP contribution in [0.4, 0.5) is 0 Å². The number of carbonyl (C=O) groups excluding carboxylic acids is 1. The van der Waals surface area contributed by atoms with E-state index in [1.807, 2.05) is 43.3 Å². The summed E-state index contributed by atoms with van der Waals surface area (Å²) >= 11 is 4.98. The molecule has 0 bridgehead atoms. The Morgan fingerprint density at radius 3 is 2.55 bits per heavy atom. The second kappa shape index (κ2) is 6.90. The van der Waals surface area contributed by atoms with E-state index < -0.39 is 0 Å². The number of hydrogen-bond acceptors (Lipinski definition) is 3. The third-order valence-corrected chi connectivity index (χ3v) is 4.58. The molecule has 5 heteroatoms. The van der Waals surface area contributed by atoms with E-state index in [0.717, 1.165) is 20.0 Å². The van der Waals surface area contributed by atoms with E-state index >= 15 is 0 Å². The average Bonchev–Trinajstić information content (AvgIpc) is 2.84. The standard InChI is InChI=1S/C15H16BrNO2S/c1-10(11-3-5-12(19-2)6-4-11)17-15(18)9-13-7-8-14(16)20-13/h3-8,10H,9H2,1-2H3,(H,17,18). The lowest BCUT2D eigenvalue weighted by atomic mass is 10.1. The van der Waals surface area contributed by atoms with E-state index in [2.05, 4.69) is 21.2 Å². The first kappa shape index (κ1) is 15.1. The first-order valence-electron chi connectivity index (χ1n) is 6.26. The van der Waals surface area contributed by atoms with Crippen LogP contribution < -0.4 is 10.1 Å². The van der Waals surface area contributed by atoms with Crippen LogP contribution in [-0.2, 0) is 11.2 Å². The van der Waals surface area contributed by atoms with Crippen molar-refractivity contribution in [1.29, 1.82) is 0 Å². The first-order valence-corrected chi connectivity index (χ1v) is 7.87. The fraction of sp³-hybridized carbons (Fsp3) is 0.267. The van der Waals surface area contributed by atoms with E-state index in [1.54, 1.807) is 18.4 Å². The number of halogens is 1. The zero-order valence-electron chi connectivity index (χ0n) is 11.4. The number of amides is 1. The quantitative estimate of drug-likeness (QED) is 0.883. The van der Waals surface area contributed by atoms with Gasteiger partial charge in [-0.05, 0) is 52.7 Å². The number of carbonyl (C=O) groups is 1. The third kappa shape index (κ3) is 4.08.